The van der Waals surface area contributed by atoms with Crippen molar-refractivity contribution in [3.8, 4) is 0 Å². The number of amides is 2. The molecule has 190 valence electrons. The van der Waals surface area contributed by atoms with E-state index in [-0.39, 0.29) is 24.9 Å². The Labute approximate surface area is 198 Å². The van der Waals surface area contributed by atoms with Crippen LogP contribution in [-0.2, 0) is 34.8 Å². The Morgan fingerprint density at radius 1 is 0.686 bits per heavy atom. The molecule has 1 aliphatic rings. The molecule has 1 saturated heterocycles. The molecule has 3 rings (SSSR count). The van der Waals surface area contributed by atoms with E-state index in [4.69, 9.17) is 0 Å². The molecule has 35 heavy (non-hydrogen) atoms. The lowest BCUT2D eigenvalue weighted by molar-refractivity contribution is -0.138. The molecular formula is C24H25F6N3O2. The molecule has 11 heteroatoms. The standard InChI is InChI=1S/C24H25F6N3O2/c25-23(26,27)17-5-1-15(2-6-17)9-11-32-21(34)19-13-31-14-20(19)22(35)33-12-10-16-3-7-18(8-4-16)24(28,29)30/h1-8,19-20,31H,9-14H2,(H,32,34)(H,33,35)/t19-,20?/m1/s1. The van der Waals surface area contributed by atoms with Crippen molar-refractivity contribution in [2.75, 3.05) is 26.2 Å². The minimum atomic E-state index is -4.41. The van der Waals surface area contributed by atoms with Gasteiger partial charge in [-0.2, -0.15) is 26.3 Å². The molecular weight excluding hydrogens is 476 g/mol. The molecule has 1 unspecified atom stereocenters. The first-order chi connectivity index (χ1) is 16.4. The van der Waals surface area contributed by atoms with Crippen LogP contribution in [0.15, 0.2) is 48.5 Å². The maximum atomic E-state index is 12.6. The molecule has 3 N–H and O–H groups in total. The zero-order chi connectivity index (χ0) is 25.6. The van der Waals surface area contributed by atoms with Crippen LogP contribution in [-0.4, -0.2) is 38.0 Å². The number of rotatable bonds is 8. The predicted molar refractivity (Wildman–Crippen MR) is 116 cm³/mol. The quantitative estimate of drug-likeness (QED) is 0.485. The number of hydrogen-bond acceptors (Lipinski definition) is 3. The highest BCUT2D eigenvalue weighted by molar-refractivity contribution is 5.88. The molecule has 2 atom stereocenters. The van der Waals surface area contributed by atoms with Gasteiger partial charge in [0.05, 0.1) is 23.0 Å². The summed E-state index contributed by atoms with van der Waals surface area (Å²) in [5.74, 6) is -1.86. The van der Waals surface area contributed by atoms with Crippen LogP contribution in [0.1, 0.15) is 22.3 Å². The van der Waals surface area contributed by atoms with Crippen LogP contribution in [0.4, 0.5) is 26.3 Å². The summed E-state index contributed by atoms with van der Waals surface area (Å²) >= 11 is 0. The van der Waals surface area contributed by atoms with Gasteiger partial charge in [-0.15, -0.1) is 0 Å². The van der Waals surface area contributed by atoms with Gasteiger partial charge < -0.3 is 16.0 Å². The number of hydrogen-bond donors (Lipinski definition) is 3. The van der Waals surface area contributed by atoms with Gasteiger partial charge in [-0.25, -0.2) is 0 Å². The van der Waals surface area contributed by atoms with Gasteiger partial charge in [-0.3, -0.25) is 9.59 Å². The first-order valence-corrected chi connectivity index (χ1v) is 11.0. The predicted octanol–water partition coefficient (Wildman–Crippen LogP) is 3.58. The van der Waals surface area contributed by atoms with E-state index in [1.165, 1.54) is 24.3 Å². The second kappa shape index (κ2) is 11.1. The molecule has 2 aromatic rings. The zero-order valence-corrected chi connectivity index (χ0v) is 18.6. The minimum Gasteiger partial charge on any atom is -0.355 e. The summed E-state index contributed by atoms with van der Waals surface area (Å²) in [4.78, 5) is 25.1. The molecule has 0 aromatic heterocycles. The van der Waals surface area contributed by atoms with E-state index >= 15 is 0 Å². The largest absolute Gasteiger partial charge is 0.416 e. The van der Waals surface area contributed by atoms with Crippen LogP contribution in [0.5, 0.6) is 0 Å². The molecule has 0 radical (unpaired) electrons. The Morgan fingerprint density at radius 2 is 1.03 bits per heavy atom. The third-order valence-corrected chi connectivity index (χ3v) is 5.88. The second-order valence-electron chi connectivity index (χ2n) is 8.34. The van der Waals surface area contributed by atoms with E-state index < -0.39 is 35.3 Å². The van der Waals surface area contributed by atoms with E-state index in [9.17, 15) is 35.9 Å². The summed E-state index contributed by atoms with van der Waals surface area (Å²) < 4.78 is 75.8. The first kappa shape index (κ1) is 26.5. The van der Waals surface area contributed by atoms with Crippen molar-refractivity contribution in [2.24, 2.45) is 11.8 Å². The minimum absolute atomic E-state index is 0.211. The Balaban J connectivity index is 1.43. The number of carbonyl (C=O) groups excluding carboxylic acids is 2. The van der Waals surface area contributed by atoms with E-state index in [1.807, 2.05) is 0 Å². The van der Waals surface area contributed by atoms with Gasteiger partial charge in [0.2, 0.25) is 11.8 Å². The Kier molecular flexibility index (Phi) is 8.42. The van der Waals surface area contributed by atoms with Crippen molar-refractivity contribution in [2.45, 2.75) is 25.2 Å². The average molecular weight is 501 g/mol. The van der Waals surface area contributed by atoms with Crippen molar-refractivity contribution in [1.82, 2.24) is 16.0 Å². The Morgan fingerprint density at radius 3 is 1.34 bits per heavy atom. The van der Waals surface area contributed by atoms with Crippen LogP contribution in [0.25, 0.3) is 0 Å². The van der Waals surface area contributed by atoms with E-state index in [2.05, 4.69) is 16.0 Å². The SMILES string of the molecule is O=C(NCCc1ccc(C(F)(F)F)cc1)C1CNC[C@H]1C(=O)NCCc1ccc(C(F)(F)F)cc1. The molecule has 0 aliphatic carbocycles. The maximum Gasteiger partial charge on any atom is 0.416 e. The van der Waals surface area contributed by atoms with Gasteiger partial charge in [0.25, 0.3) is 0 Å². The lowest BCUT2D eigenvalue weighted by Crippen LogP contribution is -2.42. The van der Waals surface area contributed by atoms with Gasteiger partial charge in [0.1, 0.15) is 0 Å². The highest BCUT2D eigenvalue weighted by Crippen LogP contribution is 2.30. The Bertz CT molecular complexity index is 922. The van der Waals surface area contributed by atoms with Gasteiger partial charge >= 0.3 is 12.4 Å². The van der Waals surface area contributed by atoms with Crippen molar-refractivity contribution >= 4 is 11.8 Å². The number of alkyl halides is 6. The van der Waals surface area contributed by atoms with Crippen LogP contribution in [0.3, 0.4) is 0 Å². The highest BCUT2D eigenvalue weighted by atomic mass is 19.4. The molecule has 1 aliphatic heterocycles. The first-order valence-electron chi connectivity index (χ1n) is 11.0. The summed E-state index contributed by atoms with van der Waals surface area (Å²) in [5, 5.41) is 8.46. The molecule has 1 fully saturated rings. The summed E-state index contributed by atoms with van der Waals surface area (Å²) in [6.45, 7) is 1.04. The smallest absolute Gasteiger partial charge is 0.355 e. The normalized spacial score (nSPS) is 18.3. The maximum absolute atomic E-state index is 12.6. The van der Waals surface area contributed by atoms with Crippen molar-refractivity contribution in [3.05, 3.63) is 70.8 Å². The fraction of sp³-hybridized carbons (Fsp3) is 0.417. The van der Waals surface area contributed by atoms with E-state index in [0.717, 1.165) is 24.3 Å². The Hall–Kier alpha value is -3.08. The lowest BCUT2D eigenvalue weighted by Gasteiger charge is -2.18. The van der Waals surface area contributed by atoms with Gasteiger partial charge in [0.15, 0.2) is 0 Å². The van der Waals surface area contributed by atoms with Crippen LogP contribution in [0, 0.1) is 11.8 Å². The van der Waals surface area contributed by atoms with Crippen molar-refractivity contribution in [1.29, 1.82) is 0 Å². The summed E-state index contributed by atoms with van der Waals surface area (Å²) in [6, 6.07) is 9.40. The van der Waals surface area contributed by atoms with Gasteiger partial charge in [-0.1, -0.05) is 24.3 Å². The lowest BCUT2D eigenvalue weighted by atomic mass is 9.94. The van der Waals surface area contributed by atoms with Gasteiger partial charge in [0, 0.05) is 26.2 Å². The summed E-state index contributed by atoms with van der Waals surface area (Å²) in [5.41, 5.74) is -0.204. The second-order valence-corrected chi connectivity index (χ2v) is 8.34. The fourth-order valence-electron chi connectivity index (χ4n) is 3.87. The molecule has 1 heterocycles. The molecule has 0 bridgehead atoms. The summed E-state index contributed by atoms with van der Waals surface area (Å²) in [7, 11) is 0. The van der Waals surface area contributed by atoms with Crippen LogP contribution < -0.4 is 16.0 Å². The third-order valence-electron chi connectivity index (χ3n) is 5.88. The molecule has 5 nitrogen and oxygen atoms in total. The number of carbonyl (C=O) groups is 2. The zero-order valence-electron chi connectivity index (χ0n) is 18.6. The fourth-order valence-corrected chi connectivity index (χ4v) is 3.87. The third kappa shape index (κ3) is 7.45. The van der Waals surface area contributed by atoms with Gasteiger partial charge in [-0.05, 0) is 48.2 Å². The molecule has 2 amide bonds. The topological polar surface area (TPSA) is 70.2 Å². The average Bonchev–Trinajstić information content (AvgIpc) is 3.29. The highest BCUT2D eigenvalue weighted by Gasteiger charge is 2.37. The van der Waals surface area contributed by atoms with Crippen LogP contribution >= 0.6 is 0 Å². The van der Waals surface area contributed by atoms with E-state index in [1.54, 1.807) is 0 Å². The molecule has 0 saturated carbocycles. The monoisotopic (exact) mass is 501 g/mol. The van der Waals surface area contributed by atoms with Crippen LogP contribution in [0.2, 0.25) is 0 Å². The number of halogens is 6. The number of benzene rings is 2. The van der Waals surface area contributed by atoms with Crippen molar-refractivity contribution < 1.29 is 35.9 Å². The van der Waals surface area contributed by atoms with Crippen molar-refractivity contribution in [3.63, 3.8) is 0 Å². The molecule has 0 spiro atoms. The summed E-state index contributed by atoms with van der Waals surface area (Å²) in [6.07, 6.45) is -8.13. The number of nitrogens with one attached hydrogen (secondary N) is 3. The molecule has 2 aromatic carbocycles. The van der Waals surface area contributed by atoms with E-state index in [0.29, 0.717) is 37.1 Å².